The second-order valence-electron chi connectivity index (χ2n) is 6.06. The first kappa shape index (κ1) is 14.2. The molecule has 1 aliphatic rings. The van der Waals surface area contributed by atoms with Gasteiger partial charge in [0.1, 0.15) is 0 Å². The number of β-amino-alcohol motifs (C(OH)–C–C–N with tert-alkyl or cyclic N) is 1. The van der Waals surface area contributed by atoms with Crippen molar-refractivity contribution in [2.75, 3.05) is 13.1 Å². The Balaban J connectivity index is 1.64. The number of nitrogens with zero attached hydrogens (tertiary/aromatic N) is 2. The highest BCUT2D eigenvalue weighted by Gasteiger charge is 2.33. The third kappa shape index (κ3) is 3.90. The summed E-state index contributed by atoms with van der Waals surface area (Å²) in [6.45, 7) is 2.72. The Labute approximate surface area is 126 Å². The van der Waals surface area contributed by atoms with Crippen molar-refractivity contribution in [1.29, 1.82) is 0 Å². The second kappa shape index (κ2) is 6.37. The van der Waals surface area contributed by atoms with Gasteiger partial charge < -0.3 is 5.11 Å². The Morgan fingerprint density at radius 1 is 1.05 bits per heavy atom. The maximum absolute atomic E-state index is 10.9. The van der Waals surface area contributed by atoms with Crippen molar-refractivity contribution in [3.8, 4) is 0 Å². The van der Waals surface area contributed by atoms with Crippen LogP contribution in [0.1, 0.15) is 24.0 Å². The maximum atomic E-state index is 10.9. The number of benzene rings is 1. The molecule has 1 aliphatic heterocycles. The molecule has 2 heterocycles. The molecule has 1 aromatic carbocycles. The minimum atomic E-state index is -0.617. The highest BCUT2D eigenvalue weighted by molar-refractivity contribution is 5.16. The monoisotopic (exact) mass is 282 g/mol. The Kier molecular flexibility index (Phi) is 4.32. The summed E-state index contributed by atoms with van der Waals surface area (Å²) in [4.78, 5) is 6.40. The van der Waals surface area contributed by atoms with Crippen LogP contribution < -0.4 is 0 Å². The topological polar surface area (TPSA) is 36.4 Å². The minimum absolute atomic E-state index is 0.617. The number of rotatable bonds is 4. The highest BCUT2D eigenvalue weighted by Crippen LogP contribution is 2.26. The largest absolute Gasteiger partial charge is 0.388 e. The number of aliphatic hydroxyl groups is 1. The number of piperidine rings is 1. The molecule has 1 atom stereocenters. The summed E-state index contributed by atoms with van der Waals surface area (Å²) in [6, 6.07) is 14.5. The van der Waals surface area contributed by atoms with Gasteiger partial charge in [-0.3, -0.25) is 9.88 Å². The first-order chi connectivity index (χ1) is 10.2. The van der Waals surface area contributed by atoms with Crippen LogP contribution in [0.4, 0.5) is 0 Å². The fraction of sp³-hybridized carbons (Fsp3) is 0.389. The van der Waals surface area contributed by atoms with Crippen LogP contribution >= 0.6 is 0 Å². The van der Waals surface area contributed by atoms with Crippen LogP contribution in [-0.2, 0) is 13.0 Å². The molecule has 0 bridgehead atoms. The summed E-state index contributed by atoms with van der Waals surface area (Å²) in [6.07, 6.45) is 6.22. The van der Waals surface area contributed by atoms with Crippen LogP contribution in [0.25, 0.3) is 0 Å². The number of hydrogen-bond donors (Lipinski definition) is 1. The molecule has 1 unspecified atom stereocenters. The predicted molar refractivity (Wildman–Crippen MR) is 83.8 cm³/mol. The smallest absolute Gasteiger partial charge is 0.0814 e. The summed E-state index contributed by atoms with van der Waals surface area (Å²) in [7, 11) is 0. The van der Waals surface area contributed by atoms with Crippen LogP contribution in [0.2, 0.25) is 0 Å². The van der Waals surface area contributed by atoms with Crippen LogP contribution in [0.3, 0.4) is 0 Å². The standard InChI is InChI=1S/C18H22N2O/c21-18(13-16-7-10-19-11-8-16)9-4-12-20(15-18)14-17-5-2-1-3-6-17/h1-3,5-8,10-11,21H,4,9,12-15H2. The predicted octanol–water partition coefficient (Wildman–Crippen LogP) is 2.65. The molecule has 0 spiro atoms. The summed E-state index contributed by atoms with van der Waals surface area (Å²) in [5, 5.41) is 10.9. The van der Waals surface area contributed by atoms with E-state index in [1.165, 1.54) is 5.56 Å². The van der Waals surface area contributed by atoms with E-state index in [1.54, 1.807) is 12.4 Å². The van der Waals surface area contributed by atoms with E-state index >= 15 is 0 Å². The molecule has 0 saturated carbocycles. The summed E-state index contributed by atoms with van der Waals surface area (Å²) >= 11 is 0. The molecule has 0 amide bonds. The molecule has 21 heavy (non-hydrogen) atoms. The van der Waals surface area contributed by atoms with E-state index < -0.39 is 5.60 Å². The molecule has 3 heteroatoms. The van der Waals surface area contributed by atoms with Gasteiger partial charge in [0.05, 0.1) is 5.60 Å². The third-order valence-electron chi connectivity index (χ3n) is 4.17. The molecule has 1 saturated heterocycles. The van der Waals surface area contributed by atoms with E-state index in [2.05, 4.69) is 34.1 Å². The molecular weight excluding hydrogens is 260 g/mol. The van der Waals surface area contributed by atoms with Crippen molar-refractivity contribution in [2.24, 2.45) is 0 Å². The van der Waals surface area contributed by atoms with Crippen LogP contribution in [0.5, 0.6) is 0 Å². The summed E-state index contributed by atoms with van der Waals surface area (Å²) in [5.74, 6) is 0. The first-order valence-electron chi connectivity index (χ1n) is 7.61. The van der Waals surface area contributed by atoms with Gasteiger partial charge in [-0.25, -0.2) is 0 Å². The van der Waals surface area contributed by atoms with Crippen molar-refractivity contribution in [3.05, 3.63) is 66.0 Å². The average molecular weight is 282 g/mol. The molecule has 1 N–H and O–H groups in total. The minimum Gasteiger partial charge on any atom is -0.388 e. The molecule has 2 aromatic rings. The van der Waals surface area contributed by atoms with Crippen LogP contribution in [-0.4, -0.2) is 33.7 Å². The molecular formula is C18H22N2O. The van der Waals surface area contributed by atoms with Crippen molar-refractivity contribution in [1.82, 2.24) is 9.88 Å². The molecule has 0 radical (unpaired) electrons. The number of likely N-dealkylation sites (tertiary alicyclic amines) is 1. The van der Waals surface area contributed by atoms with E-state index in [4.69, 9.17) is 0 Å². The molecule has 1 fully saturated rings. The first-order valence-corrected chi connectivity index (χ1v) is 7.61. The second-order valence-corrected chi connectivity index (χ2v) is 6.06. The Bertz CT molecular complexity index is 558. The zero-order chi connectivity index (χ0) is 14.5. The van der Waals surface area contributed by atoms with Gasteiger partial charge in [-0.05, 0) is 42.6 Å². The fourth-order valence-electron chi connectivity index (χ4n) is 3.21. The molecule has 0 aliphatic carbocycles. The van der Waals surface area contributed by atoms with E-state index in [-0.39, 0.29) is 0 Å². The van der Waals surface area contributed by atoms with Gasteiger partial charge in [-0.15, -0.1) is 0 Å². The van der Waals surface area contributed by atoms with Gasteiger partial charge in [0, 0.05) is 31.9 Å². The Hall–Kier alpha value is -1.71. The van der Waals surface area contributed by atoms with E-state index in [9.17, 15) is 5.11 Å². The zero-order valence-electron chi connectivity index (χ0n) is 12.3. The lowest BCUT2D eigenvalue weighted by atomic mass is 9.86. The number of hydrogen-bond acceptors (Lipinski definition) is 3. The molecule has 3 rings (SSSR count). The fourth-order valence-corrected chi connectivity index (χ4v) is 3.21. The van der Waals surface area contributed by atoms with Crippen molar-refractivity contribution in [3.63, 3.8) is 0 Å². The van der Waals surface area contributed by atoms with Crippen molar-refractivity contribution in [2.45, 2.75) is 31.4 Å². The number of pyridine rings is 1. The van der Waals surface area contributed by atoms with Crippen molar-refractivity contribution < 1.29 is 5.11 Å². The Morgan fingerprint density at radius 2 is 1.81 bits per heavy atom. The summed E-state index contributed by atoms with van der Waals surface area (Å²) in [5.41, 5.74) is 1.86. The number of aromatic nitrogens is 1. The van der Waals surface area contributed by atoms with Gasteiger partial charge in [0.15, 0.2) is 0 Å². The lowest BCUT2D eigenvalue weighted by Gasteiger charge is -2.39. The Morgan fingerprint density at radius 3 is 2.57 bits per heavy atom. The highest BCUT2D eigenvalue weighted by atomic mass is 16.3. The quantitative estimate of drug-likeness (QED) is 0.936. The summed E-state index contributed by atoms with van der Waals surface area (Å²) < 4.78 is 0. The van der Waals surface area contributed by atoms with E-state index in [1.807, 2.05) is 18.2 Å². The van der Waals surface area contributed by atoms with E-state index in [0.29, 0.717) is 6.42 Å². The zero-order valence-corrected chi connectivity index (χ0v) is 12.3. The van der Waals surface area contributed by atoms with Gasteiger partial charge in [0.25, 0.3) is 0 Å². The SMILES string of the molecule is OC1(Cc2ccncc2)CCCN(Cc2ccccc2)C1. The molecule has 1 aromatic heterocycles. The molecule has 110 valence electrons. The molecule has 3 nitrogen and oxygen atoms in total. The van der Waals surface area contributed by atoms with Crippen LogP contribution in [0.15, 0.2) is 54.9 Å². The van der Waals surface area contributed by atoms with Crippen LogP contribution in [0, 0.1) is 0 Å². The van der Waals surface area contributed by atoms with Gasteiger partial charge in [-0.2, -0.15) is 0 Å². The average Bonchev–Trinajstić information content (AvgIpc) is 2.49. The van der Waals surface area contributed by atoms with Gasteiger partial charge in [0.2, 0.25) is 0 Å². The van der Waals surface area contributed by atoms with E-state index in [0.717, 1.165) is 38.0 Å². The van der Waals surface area contributed by atoms with Gasteiger partial charge >= 0.3 is 0 Å². The van der Waals surface area contributed by atoms with Crippen molar-refractivity contribution >= 4 is 0 Å². The third-order valence-corrected chi connectivity index (χ3v) is 4.17. The normalized spacial score (nSPS) is 23.1. The lowest BCUT2D eigenvalue weighted by molar-refractivity contribution is -0.0327. The van der Waals surface area contributed by atoms with Gasteiger partial charge in [-0.1, -0.05) is 30.3 Å². The lowest BCUT2D eigenvalue weighted by Crippen LogP contribution is -2.49. The maximum Gasteiger partial charge on any atom is 0.0814 e.